The third-order valence-corrected chi connectivity index (χ3v) is 4.65. The van der Waals surface area contributed by atoms with Crippen molar-refractivity contribution < 1.29 is 14.3 Å². The monoisotopic (exact) mass is 345 g/mol. The van der Waals surface area contributed by atoms with Crippen molar-refractivity contribution in [1.29, 1.82) is 0 Å². The second-order valence-electron chi connectivity index (χ2n) is 7.29. The maximum Gasteiger partial charge on any atom is 0.225 e. The fourth-order valence-corrected chi connectivity index (χ4v) is 3.14. The number of ether oxygens (including phenoxy) is 1. The van der Waals surface area contributed by atoms with Gasteiger partial charge in [-0.15, -0.1) is 0 Å². The third kappa shape index (κ3) is 4.94. The SMILES string of the molecule is CC(C)Oc1ccc(CNC(=O)[C@@H]2CCCN(C(=O)C3CC3)C2)cn1. The molecule has 3 rings (SSSR count). The van der Waals surface area contributed by atoms with E-state index in [0.717, 1.165) is 37.8 Å². The fourth-order valence-electron chi connectivity index (χ4n) is 3.14. The molecule has 136 valence electrons. The van der Waals surface area contributed by atoms with Gasteiger partial charge < -0.3 is 15.0 Å². The highest BCUT2D eigenvalue weighted by Crippen LogP contribution is 2.32. The molecule has 2 aliphatic rings. The smallest absolute Gasteiger partial charge is 0.225 e. The first-order valence-electron chi connectivity index (χ1n) is 9.21. The van der Waals surface area contributed by atoms with Crippen LogP contribution in [-0.2, 0) is 16.1 Å². The van der Waals surface area contributed by atoms with Crippen LogP contribution < -0.4 is 10.1 Å². The van der Waals surface area contributed by atoms with Gasteiger partial charge in [-0.3, -0.25) is 9.59 Å². The number of nitrogens with zero attached hydrogens (tertiary/aromatic N) is 2. The zero-order valence-electron chi connectivity index (χ0n) is 15.0. The highest BCUT2D eigenvalue weighted by atomic mass is 16.5. The molecule has 0 unspecified atom stereocenters. The number of pyridine rings is 1. The fraction of sp³-hybridized carbons (Fsp3) is 0.632. The Bertz CT molecular complexity index is 611. The molecule has 2 heterocycles. The van der Waals surface area contributed by atoms with Crippen LogP contribution in [0.1, 0.15) is 45.1 Å². The summed E-state index contributed by atoms with van der Waals surface area (Å²) in [4.78, 5) is 30.8. The van der Waals surface area contributed by atoms with Gasteiger partial charge in [-0.2, -0.15) is 0 Å². The summed E-state index contributed by atoms with van der Waals surface area (Å²) in [6.45, 7) is 5.70. The minimum Gasteiger partial charge on any atom is -0.475 e. The number of carbonyl (C=O) groups excluding carboxylic acids is 2. The van der Waals surface area contributed by atoms with Gasteiger partial charge in [-0.25, -0.2) is 4.98 Å². The Kier molecular flexibility index (Phi) is 5.56. The van der Waals surface area contributed by atoms with Crippen LogP contribution in [0.2, 0.25) is 0 Å². The molecule has 0 radical (unpaired) electrons. The molecular weight excluding hydrogens is 318 g/mol. The molecule has 1 aliphatic carbocycles. The molecule has 1 saturated heterocycles. The molecule has 0 aromatic carbocycles. The van der Waals surface area contributed by atoms with Crippen LogP contribution in [0.3, 0.4) is 0 Å². The average Bonchev–Trinajstić information content (AvgIpc) is 3.45. The van der Waals surface area contributed by atoms with Gasteiger partial charge in [0.1, 0.15) is 0 Å². The summed E-state index contributed by atoms with van der Waals surface area (Å²) in [7, 11) is 0. The summed E-state index contributed by atoms with van der Waals surface area (Å²) in [6.07, 6.45) is 5.58. The lowest BCUT2D eigenvalue weighted by molar-refractivity contribution is -0.136. The zero-order chi connectivity index (χ0) is 17.8. The predicted octanol–water partition coefficient (Wildman–Crippen LogP) is 2.13. The van der Waals surface area contributed by atoms with E-state index in [1.54, 1.807) is 6.20 Å². The van der Waals surface area contributed by atoms with Gasteiger partial charge in [0.15, 0.2) is 0 Å². The lowest BCUT2D eigenvalue weighted by Gasteiger charge is -2.32. The molecule has 25 heavy (non-hydrogen) atoms. The maximum atomic E-state index is 12.4. The predicted molar refractivity (Wildman–Crippen MR) is 93.9 cm³/mol. The molecule has 0 bridgehead atoms. The summed E-state index contributed by atoms with van der Waals surface area (Å²) >= 11 is 0. The summed E-state index contributed by atoms with van der Waals surface area (Å²) in [5.41, 5.74) is 0.936. The lowest BCUT2D eigenvalue weighted by atomic mass is 9.96. The molecule has 0 spiro atoms. The molecule has 2 fully saturated rings. The van der Waals surface area contributed by atoms with Crippen molar-refractivity contribution in [2.24, 2.45) is 11.8 Å². The van der Waals surface area contributed by atoms with Crippen molar-refractivity contribution in [1.82, 2.24) is 15.2 Å². The van der Waals surface area contributed by atoms with Crippen molar-refractivity contribution in [2.75, 3.05) is 13.1 Å². The minimum atomic E-state index is -0.104. The van der Waals surface area contributed by atoms with E-state index in [-0.39, 0.29) is 29.8 Å². The Morgan fingerprint density at radius 2 is 2.08 bits per heavy atom. The second-order valence-corrected chi connectivity index (χ2v) is 7.29. The first-order valence-corrected chi connectivity index (χ1v) is 9.21. The molecule has 1 aromatic rings. The minimum absolute atomic E-state index is 0.0239. The molecule has 6 nitrogen and oxygen atoms in total. The normalized spacial score (nSPS) is 20.4. The highest BCUT2D eigenvalue weighted by molar-refractivity contribution is 5.83. The van der Waals surface area contributed by atoms with Crippen molar-refractivity contribution >= 4 is 11.8 Å². The Morgan fingerprint density at radius 1 is 1.28 bits per heavy atom. The van der Waals surface area contributed by atoms with Gasteiger partial charge in [0.05, 0.1) is 12.0 Å². The first kappa shape index (κ1) is 17.7. The van der Waals surface area contributed by atoms with E-state index in [1.165, 1.54) is 0 Å². The van der Waals surface area contributed by atoms with Crippen molar-refractivity contribution in [2.45, 2.75) is 52.2 Å². The number of nitrogens with one attached hydrogen (secondary N) is 1. The third-order valence-electron chi connectivity index (χ3n) is 4.65. The van der Waals surface area contributed by atoms with E-state index < -0.39 is 0 Å². The molecule has 1 aliphatic heterocycles. The molecule has 6 heteroatoms. The standard InChI is InChI=1S/C19H27N3O3/c1-13(2)25-17-8-5-14(10-20-17)11-21-18(23)16-4-3-9-22(12-16)19(24)15-6-7-15/h5,8,10,13,15-16H,3-4,6-7,9,11-12H2,1-2H3,(H,21,23)/t16-/m1/s1. The summed E-state index contributed by atoms with van der Waals surface area (Å²) in [6, 6.07) is 3.73. The van der Waals surface area contributed by atoms with Gasteiger partial charge in [0.2, 0.25) is 17.7 Å². The molecule has 1 N–H and O–H groups in total. The summed E-state index contributed by atoms with van der Waals surface area (Å²) in [5.74, 6) is 0.970. The topological polar surface area (TPSA) is 71.5 Å². The lowest BCUT2D eigenvalue weighted by Crippen LogP contribution is -2.45. The van der Waals surface area contributed by atoms with Gasteiger partial charge in [0, 0.05) is 37.8 Å². The first-order chi connectivity index (χ1) is 12.0. The second kappa shape index (κ2) is 7.85. The van der Waals surface area contributed by atoms with Gasteiger partial charge in [-0.1, -0.05) is 6.07 Å². The molecule has 1 atom stereocenters. The number of carbonyl (C=O) groups is 2. The van der Waals surface area contributed by atoms with Crippen LogP contribution >= 0.6 is 0 Å². The van der Waals surface area contributed by atoms with Crippen molar-refractivity contribution in [3.05, 3.63) is 23.9 Å². The van der Waals surface area contributed by atoms with Crippen molar-refractivity contribution in [3.8, 4) is 5.88 Å². The summed E-state index contributed by atoms with van der Waals surface area (Å²) < 4.78 is 5.51. The van der Waals surface area contributed by atoms with Crippen LogP contribution in [0, 0.1) is 11.8 Å². The number of likely N-dealkylation sites (tertiary alicyclic amines) is 1. The van der Waals surface area contributed by atoms with Crippen LogP contribution in [0.15, 0.2) is 18.3 Å². The van der Waals surface area contributed by atoms with Crippen LogP contribution in [0.5, 0.6) is 5.88 Å². The van der Waals surface area contributed by atoms with Gasteiger partial charge in [0.25, 0.3) is 0 Å². The number of rotatable bonds is 6. The van der Waals surface area contributed by atoms with Crippen LogP contribution in [-0.4, -0.2) is 40.9 Å². The van der Waals surface area contributed by atoms with E-state index in [4.69, 9.17) is 4.74 Å². The Labute approximate surface area is 148 Å². The summed E-state index contributed by atoms with van der Waals surface area (Å²) in [5, 5.41) is 2.98. The van der Waals surface area contributed by atoms with Gasteiger partial charge >= 0.3 is 0 Å². The van der Waals surface area contributed by atoms with Crippen LogP contribution in [0.4, 0.5) is 0 Å². The quantitative estimate of drug-likeness (QED) is 0.857. The number of hydrogen-bond donors (Lipinski definition) is 1. The van der Waals surface area contributed by atoms with Gasteiger partial charge in [-0.05, 0) is 45.1 Å². The van der Waals surface area contributed by atoms with Crippen molar-refractivity contribution in [3.63, 3.8) is 0 Å². The van der Waals surface area contributed by atoms with E-state index >= 15 is 0 Å². The molecule has 1 saturated carbocycles. The number of aromatic nitrogens is 1. The highest BCUT2D eigenvalue weighted by Gasteiger charge is 2.36. The molecule has 1 aromatic heterocycles. The van der Waals surface area contributed by atoms with Crippen LogP contribution in [0.25, 0.3) is 0 Å². The Hall–Kier alpha value is -2.11. The maximum absolute atomic E-state index is 12.4. The number of amides is 2. The largest absolute Gasteiger partial charge is 0.475 e. The average molecular weight is 345 g/mol. The molecular formula is C19H27N3O3. The number of hydrogen-bond acceptors (Lipinski definition) is 4. The number of piperidine rings is 1. The Morgan fingerprint density at radius 3 is 2.72 bits per heavy atom. The zero-order valence-corrected chi connectivity index (χ0v) is 15.0. The van der Waals surface area contributed by atoms with E-state index in [2.05, 4.69) is 10.3 Å². The van der Waals surface area contributed by atoms with E-state index in [1.807, 2.05) is 30.9 Å². The van der Waals surface area contributed by atoms with E-state index in [9.17, 15) is 9.59 Å². The molecule has 2 amide bonds. The Balaban J connectivity index is 1.47. The van der Waals surface area contributed by atoms with E-state index in [0.29, 0.717) is 19.0 Å².